The molecular formula is C15H20O4. The van der Waals surface area contributed by atoms with Crippen molar-refractivity contribution in [2.75, 3.05) is 13.2 Å². The third-order valence-electron chi connectivity index (χ3n) is 3.17. The van der Waals surface area contributed by atoms with Crippen molar-refractivity contribution in [1.29, 1.82) is 0 Å². The number of benzene rings is 1. The molecule has 4 heteroatoms. The summed E-state index contributed by atoms with van der Waals surface area (Å²) in [7, 11) is 0. The lowest BCUT2D eigenvalue weighted by Gasteiger charge is -2.11. The van der Waals surface area contributed by atoms with E-state index in [1.807, 2.05) is 0 Å². The van der Waals surface area contributed by atoms with Crippen molar-refractivity contribution in [3.8, 4) is 17.2 Å². The molecule has 1 aromatic rings. The number of fused-ring (bicyclic) bond motifs is 1. The zero-order chi connectivity index (χ0) is 13.8. The molecule has 1 aromatic carbocycles. The Kier molecular flexibility index (Phi) is 4.32. The fourth-order valence-corrected chi connectivity index (χ4v) is 2.34. The van der Waals surface area contributed by atoms with E-state index in [9.17, 15) is 10.2 Å². The molecule has 19 heavy (non-hydrogen) atoms. The number of hydrogen-bond donors (Lipinski definition) is 2. The molecule has 1 unspecified atom stereocenters. The molecule has 0 saturated carbocycles. The minimum absolute atomic E-state index is 0.0155. The van der Waals surface area contributed by atoms with Gasteiger partial charge in [-0.3, -0.25) is 0 Å². The summed E-state index contributed by atoms with van der Waals surface area (Å²) in [5, 5.41) is 19.7. The standard InChI is InChI=1S/C15H20O4/c1-3-5-11-12-7-10(9-18-6-4-2)19-15(12)14(17)8-13(11)16/h3,8,10,16-17H,1,4-7,9H2,2H3. The zero-order valence-corrected chi connectivity index (χ0v) is 11.2. The first-order valence-corrected chi connectivity index (χ1v) is 6.59. The molecule has 0 spiro atoms. The van der Waals surface area contributed by atoms with Crippen LogP contribution in [0, 0.1) is 0 Å². The number of allylic oxidation sites excluding steroid dienone is 1. The molecule has 0 aromatic heterocycles. The monoisotopic (exact) mass is 264 g/mol. The summed E-state index contributed by atoms with van der Waals surface area (Å²) in [5.74, 6) is 0.549. The lowest BCUT2D eigenvalue weighted by atomic mass is 9.99. The summed E-state index contributed by atoms with van der Waals surface area (Å²) in [6.07, 6.45) is 3.79. The highest BCUT2D eigenvalue weighted by Gasteiger charge is 2.29. The largest absolute Gasteiger partial charge is 0.508 e. The van der Waals surface area contributed by atoms with Crippen molar-refractivity contribution >= 4 is 0 Å². The average Bonchev–Trinajstić information content (AvgIpc) is 2.79. The van der Waals surface area contributed by atoms with E-state index >= 15 is 0 Å². The summed E-state index contributed by atoms with van der Waals surface area (Å²) < 4.78 is 11.2. The second-order valence-electron chi connectivity index (χ2n) is 4.71. The fourth-order valence-electron chi connectivity index (χ4n) is 2.34. The van der Waals surface area contributed by atoms with Gasteiger partial charge in [-0.15, -0.1) is 6.58 Å². The Morgan fingerprint density at radius 1 is 1.47 bits per heavy atom. The molecule has 1 aliphatic rings. The van der Waals surface area contributed by atoms with Gasteiger partial charge in [-0.2, -0.15) is 0 Å². The van der Waals surface area contributed by atoms with Crippen molar-refractivity contribution in [3.05, 3.63) is 29.8 Å². The first-order valence-electron chi connectivity index (χ1n) is 6.59. The Bertz CT molecular complexity index is 468. The molecule has 2 rings (SSSR count). The van der Waals surface area contributed by atoms with Gasteiger partial charge in [-0.05, 0) is 12.8 Å². The predicted octanol–water partition coefficient (Wildman–Crippen LogP) is 2.56. The van der Waals surface area contributed by atoms with E-state index in [1.165, 1.54) is 6.07 Å². The molecule has 1 atom stereocenters. The van der Waals surface area contributed by atoms with Crippen molar-refractivity contribution in [1.82, 2.24) is 0 Å². The topological polar surface area (TPSA) is 58.9 Å². The maximum absolute atomic E-state index is 9.89. The van der Waals surface area contributed by atoms with Crippen LogP contribution in [-0.4, -0.2) is 29.5 Å². The molecule has 0 aliphatic carbocycles. The first kappa shape index (κ1) is 13.7. The lowest BCUT2D eigenvalue weighted by Crippen LogP contribution is -2.20. The van der Waals surface area contributed by atoms with Gasteiger partial charge >= 0.3 is 0 Å². The average molecular weight is 264 g/mol. The molecule has 1 aliphatic heterocycles. The van der Waals surface area contributed by atoms with Crippen LogP contribution in [0.5, 0.6) is 17.2 Å². The van der Waals surface area contributed by atoms with Crippen LogP contribution < -0.4 is 4.74 Å². The van der Waals surface area contributed by atoms with Crippen LogP contribution in [0.4, 0.5) is 0 Å². The molecule has 0 saturated heterocycles. The third kappa shape index (κ3) is 2.84. The molecule has 0 fully saturated rings. The number of aromatic hydroxyl groups is 2. The first-order chi connectivity index (χ1) is 9.17. The quantitative estimate of drug-likeness (QED) is 0.612. The predicted molar refractivity (Wildman–Crippen MR) is 72.9 cm³/mol. The molecule has 0 radical (unpaired) electrons. The Labute approximate surface area is 113 Å². The van der Waals surface area contributed by atoms with Gasteiger partial charge in [0, 0.05) is 30.2 Å². The SMILES string of the molecule is C=CCc1c(O)cc(O)c2c1CC(COCCC)O2. The van der Waals surface area contributed by atoms with Crippen LogP contribution >= 0.6 is 0 Å². The highest BCUT2D eigenvalue weighted by atomic mass is 16.5. The van der Waals surface area contributed by atoms with Crippen LogP contribution in [0.2, 0.25) is 0 Å². The van der Waals surface area contributed by atoms with E-state index in [2.05, 4.69) is 13.5 Å². The zero-order valence-electron chi connectivity index (χ0n) is 11.2. The second kappa shape index (κ2) is 5.97. The van der Waals surface area contributed by atoms with Crippen LogP contribution in [-0.2, 0) is 17.6 Å². The van der Waals surface area contributed by atoms with E-state index in [1.54, 1.807) is 6.08 Å². The number of hydrogen-bond acceptors (Lipinski definition) is 4. The van der Waals surface area contributed by atoms with E-state index in [4.69, 9.17) is 9.47 Å². The highest BCUT2D eigenvalue weighted by molar-refractivity contribution is 5.58. The van der Waals surface area contributed by atoms with Crippen molar-refractivity contribution in [2.24, 2.45) is 0 Å². The molecule has 0 bridgehead atoms. The summed E-state index contributed by atoms with van der Waals surface area (Å²) in [6, 6.07) is 1.33. The number of phenolic OH excluding ortho intramolecular Hbond substituents is 2. The van der Waals surface area contributed by atoms with Gasteiger partial charge in [0.1, 0.15) is 11.9 Å². The van der Waals surface area contributed by atoms with Gasteiger partial charge in [0.05, 0.1) is 6.61 Å². The number of phenols is 2. The van der Waals surface area contributed by atoms with Gasteiger partial charge in [-0.1, -0.05) is 13.0 Å². The Morgan fingerprint density at radius 3 is 2.95 bits per heavy atom. The molecule has 0 amide bonds. The maximum atomic E-state index is 9.89. The third-order valence-corrected chi connectivity index (χ3v) is 3.17. The van der Waals surface area contributed by atoms with Crippen LogP contribution in [0.3, 0.4) is 0 Å². The van der Waals surface area contributed by atoms with Crippen molar-refractivity contribution in [2.45, 2.75) is 32.3 Å². The summed E-state index contributed by atoms with van der Waals surface area (Å²) >= 11 is 0. The van der Waals surface area contributed by atoms with Crippen LogP contribution in [0.1, 0.15) is 24.5 Å². The Hall–Kier alpha value is -1.68. The molecule has 1 heterocycles. The highest BCUT2D eigenvalue weighted by Crippen LogP contribution is 2.43. The smallest absolute Gasteiger partial charge is 0.165 e. The molecule has 4 nitrogen and oxygen atoms in total. The van der Waals surface area contributed by atoms with E-state index < -0.39 is 0 Å². The normalized spacial score (nSPS) is 17.0. The lowest BCUT2D eigenvalue weighted by molar-refractivity contribution is 0.0599. The van der Waals surface area contributed by atoms with Crippen LogP contribution in [0.15, 0.2) is 18.7 Å². The van der Waals surface area contributed by atoms with Gasteiger partial charge in [-0.25, -0.2) is 0 Å². The van der Waals surface area contributed by atoms with E-state index in [0.29, 0.717) is 31.8 Å². The van der Waals surface area contributed by atoms with E-state index in [-0.39, 0.29) is 17.6 Å². The maximum Gasteiger partial charge on any atom is 0.165 e. The minimum Gasteiger partial charge on any atom is -0.508 e. The molecule has 2 N–H and O–H groups in total. The van der Waals surface area contributed by atoms with E-state index in [0.717, 1.165) is 17.5 Å². The van der Waals surface area contributed by atoms with Gasteiger partial charge in [0.2, 0.25) is 0 Å². The summed E-state index contributed by atoms with van der Waals surface area (Å²) in [4.78, 5) is 0. The van der Waals surface area contributed by atoms with Gasteiger partial charge in [0.25, 0.3) is 0 Å². The number of ether oxygens (including phenoxy) is 2. The van der Waals surface area contributed by atoms with Crippen molar-refractivity contribution < 1.29 is 19.7 Å². The minimum atomic E-state index is -0.0992. The molecular weight excluding hydrogens is 244 g/mol. The molecule has 104 valence electrons. The summed E-state index contributed by atoms with van der Waals surface area (Å²) in [6.45, 7) is 6.94. The summed E-state index contributed by atoms with van der Waals surface area (Å²) in [5.41, 5.74) is 1.64. The Morgan fingerprint density at radius 2 is 2.26 bits per heavy atom. The second-order valence-corrected chi connectivity index (χ2v) is 4.71. The number of rotatable bonds is 6. The van der Waals surface area contributed by atoms with Crippen molar-refractivity contribution in [3.63, 3.8) is 0 Å². The van der Waals surface area contributed by atoms with Gasteiger partial charge < -0.3 is 19.7 Å². The Balaban J connectivity index is 2.18. The van der Waals surface area contributed by atoms with Crippen LogP contribution in [0.25, 0.3) is 0 Å². The fraction of sp³-hybridized carbons (Fsp3) is 0.467. The van der Waals surface area contributed by atoms with Gasteiger partial charge in [0.15, 0.2) is 11.5 Å².